The van der Waals surface area contributed by atoms with Crippen molar-refractivity contribution in [2.45, 2.75) is 6.92 Å². The molecular weight excluding hydrogens is 298 g/mol. The van der Waals surface area contributed by atoms with E-state index in [9.17, 15) is 5.11 Å². The maximum atomic E-state index is 9.48. The maximum absolute atomic E-state index is 9.48. The van der Waals surface area contributed by atoms with E-state index in [2.05, 4.69) is 46.4 Å². The molecule has 0 fully saturated rings. The molecule has 116 valence electrons. The summed E-state index contributed by atoms with van der Waals surface area (Å²) in [6.07, 6.45) is 0. The topological polar surface area (TPSA) is 47.9 Å². The predicted octanol–water partition coefficient (Wildman–Crippen LogP) is -0.156. The zero-order chi connectivity index (χ0) is 14.7. The normalized spacial score (nSPS) is 13.0. The third-order valence-corrected chi connectivity index (χ3v) is 3.56. The van der Waals surface area contributed by atoms with Crippen molar-refractivity contribution in [2.24, 2.45) is 4.99 Å². The van der Waals surface area contributed by atoms with E-state index in [1.807, 2.05) is 12.1 Å². The van der Waals surface area contributed by atoms with E-state index in [4.69, 9.17) is 0 Å². The summed E-state index contributed by atoms with van der Waals surface area (Å²) in [6, 6.07) is 15.7. The van der Waals surface area contributed by atoms with Crippen LogP contribution in [0.2, 0.25) is 0 Å². The van der Waals surface area contributed by atoms with Crippen LogP contribution in [0.3, 0.4) is 0 Å². The third kappa shape index (κ3) is 3.71. The van der Waals surface area contributed by atoms with Crippen LogP contribution >= 0.6 is 0 Å². The van der Waals surface area contributed by atoms with Gasteiger partial charge in [-0.05, 0) is 43.3 Å². The minimum atomic E-state index is 0. The Labute approximate surface area is 136 Å². The Morgan fingerprint density at radius 2 is 1.64 bits per heavy atom. The van der Waals surface area contributed by atoms with E-state index in [-0.39, 0.29) is 18.2 Å². The van der Waals surface area contributed by atoms with Crippen LogP contribution in [-0.4, -0.2) is 30.6 Å². The fourth-order valence-corrected chi connectivity index (χ4v) is 2.39. The Kier molecular flexibility index (Phi) is 5.28. The van der Waals surface area contributed by atoms with E-state index in [1.165, 1.54) is 5.56 Å². The van der Waals surface area contributed by atoms with Crippen molar-refractivity contribution in [3.63, 3.8) is 0 Å². The summed E-state index contributed by atoms with van der Waals surface area (Å²) in [5.74, 6) is 1.28. The first-order chi connectivity index (χ1) is 10.2. The number of phenolic OH excluding ortho intramolecular Hbond substituents is 1. The molecule has 1 aliphatic rings. The molecule has 0 aliphatic carbocycles. The largest absolute Gasteiger partial charge is 1.00 e. The summed E-state index contributed by atoms with van der Waals surface area (Å²) in [5, 5.41) is 12.8. The SMILES string of the molecule is Cc1ccc(N(CC2=NCCN2)c2ccc(O)cc2)cc1.[Cl-]. The second kappa shape index (κ2) is 7.18. The van der Waals surface area contributed by atoms with Gasteiger partial charge >= 0.3 is 0 Å². The van der Waals surface area contributed by atoms with Gasteiger partial charge in [-0.1, -0.05) is 17.7 Å². The van der Waals surface area contributed by atoms with Gasteiger partial charge in [0.15, 0.2) is 0 Å². The Morgan fingerprint density at radius 1 is 1.05 bits per heavy atom. The predicted molar refractivity (Wildman–Crippen MR) is 86.6 cm³/mol. The molecule has 2 N–H and O–H groups in total. The maximum Gasteiger partial charge on any atom is 0.117 e. The number of aryl methyl sites for hydroxylation is 1. The molecule has 0 radical (unpaired) electrons. The summed E-state index contributed by atoms with van der Waals surface area (Å²) >= 11 is 0. The molecule has 5 heteroatoms. The van der Waals surface area contributed by atoms with Crippen molar-refractivity contribution in [1.29, 1.82) is 0 Å². The van der Waals surface area contributed by atoms with Crippen molar-refractivity contribution in [3.05, 3.63) is 54.1 Å². The van der Waals surface area contributed by atoms with Gasteiger partial charge in [0.2, 0.25) is 0 Å². The highest BCUT2D eigenvalue weighted by Crippen LogP contribution is 2.27. The molecule has 0 aromatic heterocycles. The molecule has 3 rings (SSSR count). The lowest BCUT2D eigenvalue weighted by atomic mass is 10.2. The molecule has 2 aromatic rings. The molecule has 0 spiro atoms. The standard InChI is InChI=1S/C17H19N3O.ClH/c1-13-2-4-14(5-3-13)20(12-17-18-10-11-19-17)15-6-8-16(21)9-7-15;/h2-9,21H,10-12H2,1H3,(H,18,19);1H/p-1. The molecule has 1 aliphatic heterocycles. The molecule has 0 bridgehead atoms. The van der Waals surface area contributed by atoms with Crippen LogP contribution in [0.4, 0.5) is 11.4 Å². The molecule has 0 unspecified atom stereocenters. The number of hydrogen-bond donors (Lipinski definition) is 2. The molecule has 22 heavy (non-hydrogen) atoms. The van der Waals surface area contributed by atoms with E-state index in [1.54, 1.807) is 12.1 Å². The second-order valence-corrected chi connectivity index (χ2v) is 5.19. The lowest BCUT2D eigenvalue weighted by Gasteiger charge is -2.25. The van der Waals surface area contributed by atoms with Crippen LogP contribution in [0.25, 0.3) is 0 Å². The van der Waals surface area contributed by atoms with Crippen molar-refractivity contribution in [3.8, 4) is 5.75 Å². The Morgan fingerprint density at radius 3 is 2.18 bits per heavy atom. The lowest BCUT2D eigenvalue weighted by molar-refractivity contribution is -0.00000538. The Bertz CT molecular complexity index is 592. The zero-order valence-electron chi connectivity index (χ0n) is 12.5. The molecule has 0 saturated heterocycles. The number of anilines is 2. The zero-order valence-corrected chi connectivity index (χ0v) is 13.2. The van der Waals surface area contributed by atoms with Crippen LogP contribution in [-0.2, 0) is 0 Å². The number of aliphatic imine (C=N–C) groups is 1. The number of benzene rings is 2. The highest BCUT2D eigenvalue weighted by atomic mass is 35.5. The number of phenols is 1. The monoisotopic (exact) mass is 316 g/mol. The lowest BCUT2D eigenvalue weighted by Crippen LogP contribution is -3.00. The summed E-state index contributed by atoms with van der Waals surface area (Å²) in [6.45, 7) is 4.53. The number of nitrogens with one attached hydrogen (secondary N) is 1. The van der Waals surface area contributed by atoms with Crippen LogP contribution in [0.1, 0.15) is 5.56 Å². The minimum Gasteiger partial charge on any atom is -1.00 e. The summed E-state index contributed by atoms with van der Waals surface area (Å²) in [7, 11) is 0. The summed E-state index contributed by atoms with van der Waals surface area (Å²) < 4.78 is 0. The van der Waals surface area contributed by atoms with Gasteiger partial charge in [0.1, 0.15) is 11.6 Å². The second-order valence-electron chi connectivity index (χ2n) is 5.19. The quantitative estimate of drug-likeness (QED) is 0.824. The summed E-state index contributed by atoms with van der Waals surface area (Å²) in [5.41, 5.74) is 3.39. The Hall–Kier alpha value is -2.20. The van der Waals surface area contributed by atoms with Crippen molar-refractivity contribution in [2.75, 3.05) is 24.5 Å². The van der Waals surface area contributed by atoms with Gasteiger partial charge in [-0.2, -0.15) is 0 Å². The van der Waals surface area contributed by atoms with Crippen LogP contribution < -0.4 is 22.6 Å². The highest BCUT2D eigenvalue weighted by Gasteiger charge is 2.14. The van der Waals surface area contributed by atoms with Gasteiger partial charge in [-0.15, -0.1) is 0 Å². The van der Waals surface area contributed by atoms with Gasteiger partial charge < -0.3 is 27.7 Å². The average Bonchev–Trinajstić information content (AvgIpc) is 3.00. The number of hydrogen-bond acceptors (Lipinski definition) is 4. The van der Waals surface area contributed by atoms with Crippen molar-refractivity contribution >= 4 is 17.2 Å². The molecule has 4 nitrogen and oxygen atoms in total. The number of rotatable bonds is 4. The number of amidine groups is 1. The highest BCUT2D eigenvalue weighted by molar-refractivity contribution is 5.90. The average molecular weight is 317 g/mol. The van der Waals surface area contributed by atoms with Crippen molar-refractivity contribution < 1.29 is 17.5 Å². The first-order valence-corrected chi connectivity index (χ1v) is 7.13. The molecule has 0 saturated carbocycles. The summed E-state index contributed by atoms with van der Waals surface area (Å²) in [4.78, 5) is 6.67. The molecule has 0 amide bonds. The van der Waals surface area contributed by atoms with Gasteiger partial charge in [-0.25, -0.2) is 0 Å². The number of aromatic hydroxyl groups is 1. The van der Waals surface area contributed by atoms with Crippen LogP contribution in [0.15, 0.2) is 53.5 Å². The smallest absolute Gasteiger partial charge is 0.117 e. The van der Waals surface area contributed by atoms with Gasteiger partial charge in [0.25, 0.3) is 0 Å². The van der Waals surface area contributed by atoms with Crippen molar-refractivity contribution in [1.82, 2.24) is 5.32 Å². The minimum absolute atomic E-state index is 0. The fourth-order valence-electron chi connectivity index (χ4n) is 2.39. The molecular formula is C17H19ClN3O-. The first-order valence-electron chi connectivity index (χ1n) is 7.13. The van der Waals surface area contributed by atoms with Crippen LogP contribution in [0, 0.1) is 6.92 Å². The van der Waals surface area contributed by atoms with E-state index in [0.717, 1.165) is 30.3 Å². The van der Waals surface area contributed by atoms with Crippen LogP contribution in [0.5, 0.6) is 5.75 Å². The molecule has 0 atom stereocenters. The van der Waals surface area contributed by atoms with Gasteiger partial charge in [0.05, 0.1) is 13.1 Å². The number of nitrogens with zero attached hydrogens (tertiary/aromatic N) is 2. The fraction of sp³-hybridized carbons (Fsp3) is 0.235. The third-order valence-electron chi connectivity index (χ3n) is 3.56. The Balaban J connectivity index is 0.00000176. The van der Waals surface area contributed by atoms with Gasteiger partial charge in [-0.3, -0.25) is 4.99 Å². The van der Waals surface area contributed by atoms with E-state index in [0.29, 0.717) is 6.54 Å². The number of halogens is 1. The first kappa shape index (κ1) is 16.2. The van der Waals surface area contributed by atoms with Gasteiger partial charge in [0, 0.05) is 17.9 Å². The molecule has 1 heterocycles. The van der Waals surface area contributed by atoms with E-state index >= 15 is 0 Å². The molecule has 2 aromatic carbocycles. The van der Waals surface area contributed by atoms with E-state index < -0.39 is 0 Å².